The summed E-state index contributed by atoms with van der Waals surface area (Å²) < 4.78 is 7.82. The van der Waals surface area contributed by atoms with Crippen LogP contribution >= 0.6 is 0 Å². The molecule has 2 N–H and O–H groups in total. The van der Waals surface area contributed by atoms with Crippen LogP contribution in [0.5, 0.6) is 0 Å². The standard InChI is InChI=1S/C81H83BN4O/c1-50-34-35-81(12,49-83)64-45-62-72(46-61(50)64)87-76-73(62)82-68-47-66-67(80(10,11)39-38-79(66,8)9)48-69(68)86(75-51(2)40-55(41-52(75)3)53-22-16-13-17-23-53)71-43-56(54-28-30-59(31-29-54)84(57-24-18-14-19-25-57)58-26-20-15-21-27-58)42-70(74(71)82)85(76)60-32-33-63-65(44-60)78(6,7)37-36-77(63,4)5/h13-33,40-48,50H,34-39,49,83H2,1-12H3. The number of benzene rings is 9. The van der Waals surface area contributed by atoms with E-state index in [-0.39, 0.29) is 33.8 Å². The second kappa shape index (κ2) is 19.7. The lowest BCUT2D eigenvalue weighted by Gasteiger charge is -2.47. The number of furan rings is 1. The van der Waals surface area contributed by atoms with Gasteiger partial charge < -0.3 is 20.0 Å². The lowest BCUT2D eigenvalue weighted by molar-refractivity contribution is 0.332. The van der Waals surface area contributed by atoms with Crippen LogP contribution in [0.4, 0.5) is 51.4 Å². The molecule has 1 aromatic heterocycles. The molecule has 0 amide bonds. The molecule has 3 aliphatic carbocycles. The lowest BCUT2D eigenvalue weighted by Crippen LogP contribution is -2.61. The lowest BCUT2D eigenvalue weighted by atomic mass is 9.33. The molecule has 0 radical (unpaired) electrons. The highest BCUT2D eigenvalue weighted by Crippen LogP contribution is 2.55. The number of hydrogen-bond acceptors (Lipinski definition) is 5. The van der Waals surface area contributed by atoms with Gasteiger partial charge in [0.25, 0.3) is 6.71 Å². The van der Waals surface area contributed by atoms with Crippen molar-refractivity contribution >= 4 is 85.5 Å². The molecule has 2 aliphatic heterocycles. The summed E-state index contributed by atoms with van der Waals surface area (Å²) in [5.74, 6) is 1.30. The molecule has 2 atom stereocenters. The number of nitrogens with two attached hydrogens (primary N) is 1. The Balaban J connectivity index is 1.07. The van der Waals surface area contributed by atoms with Crippen LogP contribution in [-0.4, -0.2) is 13.3 Å². The Hall–Kier alpha value is -8.06. The van der Waals surface area contributed by atoms with E-state index in [4.69, 9.17) is 10.2 Å². The van der Waals surface area contributed by atoms with E-state index >= 15 is 0 Å². The summed E-state index contributed by atoms with van der Waals surface area (Å²) >= 11 is 0. The summed E-state index contributed by atoms with van der Waals surface area (Å²) in [6, 6.07) is 69.4. The molecule has 15 rings (SSSR count). The van der Waals surface area contributed by atoms with Gasteiger partial charge in [-0.2, -0.15) is 0 Å². The third-order valence-corrected chi connectivity index (χ3v) is 22.0. The fourth-order valence-electron chi connectivity index (χ4n) is 16.5. The largest absolute Gasteiger partial charge is 0.440 e. The number of rotatable bonds is 8. The number of nitrogens with zero attached hydrogens (tertiary/aromatic N) is 3. The molecule has 5 aliphatic rings. The van der Waals surface area contributed by atoms with E-state index in [0.29, 0.717) is 12.5 Å². The van der Waals surface area contributed by atoms with Crippen molar-refractivity contribution in [3.05, 3.63) is 226 Å². The second-order valence-corrected chi connectivity index (χ2v) is 29.6. The molecule has 0 spiro atoms. The van der Waals surface area contributed by atoms with Crippen LogP contribution in [0, 0.1) is 13.8 Å². The quantitative estimate of drug-likeness (QED) is 0.154. The first-order valence-corrected chi connectivity index (χ1v) is 32.3. The average molecular weight is 1140 g/mol. The van der Waals surface area contributed by atoms with Crippen molar-refractivity contribution in [3.8, 4) is 22.3 Å². The molecule has 0 saturated heterocycles. The van der Waals surface area contributed by atoms with E-state index in [9.17, 15) is 0 Å². The zero-order chi connectivity index (χ0) is 60.3. The molecule has 3 heterocycles. The Labute approximate surface area is 517 Å². The monoisotopic (exact) mass is 1140 g/mol. The van der Waals surface area contributed by atoms with Crippen LogP contribution in [-0.2, 0) is 27.1 Å². The summed E-state index contributed by atoms with van der Waals surface area (Å²) in [6.45, 7) is 29.7. The van der Waals surface area contributed by atoms with E-state index in [1.54, 1.807) is 0 Å². The third-order valence-electron chi connectivity index (χ3n) is 22.0. The van der Waals surface area contributed by atoms with Crippen molar-refractivity contribution in [2.24, 2.45) is 5.73 Å². The van der Waals surface area contributed by atoms with Gasteiger partial charge >= 0.3 is 0 Å². The van der Waals surface area contributed by atoms with Gasteiger partial charge in [0.05, 0.1) is 5.69 Å². The van der Waals surface area contributed by atoms with E-state index in [1.165, 1.54) is 94.5 Å². The van der Waals surface area contributed by atoms with Crippen LogP contribution in [0.3, 0.4) is 0 Å². The maximum atomic E-state index is 7.82. The smallest absolute Gasteiger partial charge is 0.257 e. The fraction of sp³-hybridized carbons (Fsp3) is 0.309. The Kier molecular flexibility index (Phi) is 12.6. The summed E-state index contributed by atoms with van der Waals surface area (Å²) in [6.07, 6.45) is 6.68. The van der Waals surface area contributed by atoms with Gasteiger partial charge in [0.2, 0.25) is 5.88 Å². The topological polar surface area (TPSA) is 48.9 Å². The van der Waals surface area contributed by atoms with Gasteiger partial charge in [-0.25, -0.2) is 0 Å². The van der Waals surface area contributed by atoms with Gasteiger partial charge in [-0.15, -0.1) is 0 Å². The van der Waals surface area contributed by atoms with Gasteiger partial charge in [0.1, 0.15) is 5.58 Å². The zero-order valence-electron chi connectivity index (χ0n) is 53.3. The van der Waals surface area contributed by atoms with Gasteiger partial charge in [0, 0.05) is 62.6 Å². The minimum atomic E-state index is -0.165. The number of hydrogen-bond donors (Lipinski definition) is 1. The maximum absolute atomic E-state index is 7.82. The SMILES string of the molecule is Cc1cc(-c2ccccc2)cc(C)c1N1c2cc3c(cc2B2c4c(cc(-c5ccc(N(c6ccccc6)c6ccccc6)cc5)cc41)N(c1ccc4c(c1)C(C)(C)CCC4(C)C)c1oc4cc5c(cc4c12)C(C)(CN)CCC5C)C(C)(C)CCC3(C)C. The minimum absolute atomic E-state index is 0.0233. The highest BCUT2D eigenvalue weighted by molar-refractivity contribution is 7.01. The van der Waals surface area contributed by atoms with E-state index < -0.39 is 0 Å². The molecular formula is C81H83BN4O. The van der Waals surface area contributed by atoms with E-state index in [0.717, 1.165) is 89.6 Å². The Morgan fingerprint density at radius 3 is 1.60 bits per heavy atom. The van der Waals surface area contributed by atoms with Crippen molar-refractivity contribution in [3.63, 3.8) is 0 Å². The molecule has 5 nitrogen and oxygen atoms in total. The highest BCUT2D eigenvalue weighted by Gasteiger charge is 2.50. The summed E-state index contributed by atoms with van der Waals surface area (Å²) in [5, 5.41) is 1.20. The first kappa shape index (κ1) is 55.5. The van der Waals surface area contributed by atoms with Gasteiger partial charge in [-0.3, -0.25) is 4.90 Å². The predicted octanol–water partition coefficient (Wildman–Crippen LogP) is 19.7. The Morgan fingerprint density at radius 2 is 1.00 bits per heavy atom. The maximum Gasteiger partial charge on any atom is 0.257 e. The number of para-hydroxylation sites is 2. The first-order chi connectivity index (χ1) is 41.6. The van der Waals surface area contributed by atoms with Crippen LogP contribution in [0.1, 0.15) is 158 Å². The first-order valence-electron chi connectivity index (χ1n) is 32.3. The molecule has 2 unspecified atom stereocenters. The normalized spacial score (nSPS) is 19.8. The molecule has 0 saturated carbocycles. The number of anilines is 9. The summed E-state index contributed by atoms with van der Waals surface area (Å²) in [4.78, 5) is 7.63. The Bertz CT molecular complexity index is 4340. The molecule has 0 bridgehead atoms. The summed E-state index contributed by atoms with van der Waals surface area (Å²) in [7, 11) is 0. The summed E-state index contributed by atoms with van der Waals surface area (Å²) in [5.41, 5.74) is 36.6. The minimum Gasteiger partial charge on any atom is -0.440 e. The molecule has 10 aromatic rings. The molecule has 6 heteroatoms. The number of aryl methyl sites for hydroxylation is 2. The van der Waals surface area contributed by atoms with E-state index in [2.05, 4.69) is 280 Å². The number of fused-ring (bicyclic) bond motifs is 9. The van der Waals surface area contributed by atoms with Crippen molar-refractivity contribution in [2.75, 3.05) is 21.2 Å². The van der Waals surface area contributed by atoms with Crippen molar-refractivity contribution in [1.82, 2.24) is 0 Å². The molecule has 436 valence electrons. The average Bonchev–Trinajstić information content (AvgIpc) is 1.68. The van der Waals surface area contributed by atoms with Crippen molar-refractivity contribution in [1.29, 1.82) is 0 Å². The van der Waals surface area contributed by atoms with E-state index in [1.807, 2.05) is 0 Å². The zero-order valence-corrected chi connectivity index (χ0v) is 53.3. The van der Waals surface area contributed by atoms with Gasteiger partial charge in [-0.05, 0) is 249 Å². The van der Waals surface area contributed by atoms with Crippen LogP contribution < -0.4 is 36.8 Å². The third kappa shape index (κ3) is 8.65. The molecule has 87 heavy (non-hydrogen) atoms. The highest BCUT2D eigenvalue weighted by atomic mass is 16.4. The predicted molar refractivity (Wildman–Crippen MR) is 370 cm³/mol. The molecule has 0 fully saturated rings. The second-order valence-electron chi connectivity index (χ2n) is 29.6. The Morgan fingerprint density at radius 1 is 0.483 bits per heavy atom. The van der Waals surface area contributed by atoms with Crippen molar-refractivity contribution < 1.29 is 4.42 Å². The van der Waals surface area contributed by atoms with Gasteiger partial charge in [-0.1, -0.05) is 160 Å². The van der Waals surface area contributed by atoms with Crippen molar-refractivity contribution in [2.45, 2.75) is 155 Å². The fourth-order valence-corrected chi connectivity index (χ4v) is 16.5. The molecular weight excluding hydrogens is 1060 g/mol. The van der Waals surface area contributed by atoms with Crippen LogP contribution in [0.25, 0.3) is 33.2 Å². The van der Waals surface area contributed by atoms with Gasteiger partial charge in [0.15, 0.2) is 0 Å². The van der Waals surface area contributed by atoms with Crippen LogP contribution in [0.2, 0.25) is 0 Å². The molecule has 9 aromatic carbocycles. The van der Waals surface area contributed by atoms with Crippen LogP contribution in [0.15, 0.2) is 186 Å².